The average Bonchev–Trinajstić information content (AvgIpc) is 2.17. The van der Waals surface area contributed by atoms with E-state index in [0.29, 0.717) is 5.92 Å². The molecule has 0 aromatic heterocycles. The maximum absolute atomic E-state index is 12.1. The van der Waals surface area contributed by atoms with Crippen molar-refractivity contribution in [1.82, 2.24) is 5.32 Å². The summed E-state index contributed by atoms with van der Waals surface area (Å²) in [5, 5.41) is 3.27. The number of hydrogen-bond acceptors (Lipinski definition) is 3. The van der Waals surface area contributed by atoms with Gasteiger partial charge in [0.25, 0.3) is 0 Å². The molecule has 0 aliphatic carbocycles. The summed E-state index contributed by atoms with van der Waals surface area (Å²) in [7, 11) is 0. The van der Waals surface area contributed by atoms with Gasteiger partial charge in [-0.15, -0.1) is 0 Å². The fraction of sp³-hybridized carbons (Fsp3) is 0.923. The Morgan fingerprint density at radius 3 is 2.38 bits per heavy atom. The maximum atomic E-state index is 12.1. The van der Waals surface area contributed by atoms with Crippen LogP contribution in [0.5, 0.6) is 0 Å². The van der Waals surface area contributed by atoms with Crippen molar-refractivity contribution in [3.8, 4) is 0 Å². The van der Waals surface area contributed by atoms with Gasteiger partial charge >= 0.3 is 5.97 Å². The van der Waals surface area contributed by atoms with Gasteiger partial charge < -0.3 is 10.1 Å². The van der Waals surface area contributed by atoms with Crippen LogP contribution >= 0.6 is 0 Å². The molecule has 1 aliphatic heterocycles. The van der Waals surface area contributed by atoms with Crippen LogP contribution in [0.1, 0.15) is 47.0 Å². The molecule has 0 bridgehead atoms. The molecule has 94 valence electrons. The zero-order valence-electron chi connectivity index (χ0n) is 11.0. The summed E-state index contributed by atoms with van der Waals surface area (Å²) in [6.07, 6.45) is 2.76. The number of carbonyl (C=O) groups is 1. The summed E-state index contributed by atoms with van der Waals surface area (Å²) in [5.41, 5.74) is -0.267. The van der Waals surface area contributed by atoms with E-state index in [1.54, 1.807) is 0 Å². The molecule has 1 rings (SSSR count). The lowest BCUT2D eigenvalue weighted by Gasteiger charge is -2.32. The molecule has 3 nitrogen and oxygen atoms in total. The third-order valence-corrected chi connectivity index (χ3v) is 3.31. The Morgan fingerprint density at radius 2 is 1.88 bits per heavy atom. The standard InChI is InChI=1S/C13H25NO2/c1-10(2)9-11(3)16-12(15)13(4)5-7-14-8-6-13/h10-11,14H,5-9H2,1-4H3. The van der Waals surface area contributed by atoms with Crippen molar-refractivity contribution in [1.29, 1.82) is 0 Å². The molecule has 0 radical (unpaired) electrons. The molecule has 1 N–H and O–H groups in total. The van der Waals surface area contributed by atoms with Crippen molar-refractivity contribution in [2.24, 2.45) is 11.3 Å². The smallest absolute Gasteiger partial charge is 0.312 e. The number of rotatable bonds is 4. The fourth-order valence-electron chi connectivity index (χ4n) is 2.22. The van der Waals surface area contributed by atoms with E-state index in [4.69, 9.17) is 4.74 Å². The first-order valence-corrected chi connectivity index (χ1v) is 6.36. The van der Waals surface area contributed by atoms with Crippen molar-refractivity contribution in [3.05, 3.63) is 0 Å². The number of ether oxygens (including phenoxy) is 1. The van der Waals surface area contributed by atoms with E-state index >= 15 is 0 Å². The molecular formula is C13H25NO2. The zero-order chi connectivity index (χ0) is 12.2. The quantitative estimate of drug-likeness (QED) is 0.749. The Morgan fingerprint density at radius 1 is 1.31 bits per heavy atom. The lowest BCUT2D eigenvalue weighted by atomic mass is 9.81. The Bertz CT molecular complexity index is 232. The molecule has 0 aromatic carbocycles. The van der Waals surface area contributed by atoms with Gasteiger partial charge in [-0.2, -0.15) is 0 Å². The zero-order valence-corrected chi connectivity index (χ0v) is 11.0. The predicted octanol–water partition coefficient (Wildman–Crippen LogP) is 2.35. The molecule has 1 aliphatic rings. The Hall–Kier alpha value is -0.570. The highest BCUT2D eigenvalue weighted by Gasteiger charge is 2.36. The molecule has 16 heavy (non-hydrogen) atoms. The van der Waals surface area contributed by atoms with Crippen LogP contribution < -0.4 is 5.32 Å². The lowest BCUT2D eigenvalue weighted by Crippen LogP contribution is -2.42. The predicted molar refractivity (Wildman–Crippen MR) is 65.2 cm³/mol. The highest BCUT2D eigenvalue weighted by Crippen LogP contribution is 2.30. The fourth-order valence-corrected chi connectivity index (χ4v) is 2.22. The average molecular weight is 227 g/mol. The van der Waals surface area contributed by atoms with Gasteiger partial charge in [0.15, 0.2) is 0 Å². The van der Waals surface area contributed by atoms with Crippen LogP contribution in [0.25, 0.3) is 0 Å². The molecule has 3 heteroatoms. The number of carbonyl (C=O) groups excluding carboxylic acids is 1. The van der Waals surface area contributed by atoms with Gasteiger partial charge in [-0.05, 0) is 52.1 Å². The first-order chi connectivity index (χ1) is 7.44. The van der Waals surface area contributed by atoms with Crippen LogP contribution in [-0.2, 0) is 9.53 Å². The Labute approximate surface area is 98.9 Å². The molecule has 1 fully saturated rings. The number of hydrogen-bond donors (Lipinski definition) is 1. The monoisotopic (exact) mass is 227 g/mol. The molecule has 0 saturated carbocycles. The molecular weight excluding hydrogens is 202 g/mol. The lowest BCUT2D eigenvalue weighted by molar-refractivity contribution is -0.162. The minimum atomic E-state index is -0.267. The van der Waals surface area contributed by atoms with E-state index < -0.39 is 0 Å². The summed E-state index contributed by atoms with van der Waals surface area (Å²) >= 11 is 0. The van der Waals surface area contributed by atoms with Gasteiger partial charge in [0.05, 0.1) is 11.5 Å². The van der Waals surface area contributed by atoms with E-state index in [-0.39, 0.29) is 17.5 Å². The van der Waals surface area contributed by atoms with E-state index in [1.165, 1.54) is 0 Å². The number of nitrogens with one attached hydrogen (secondary N) is 1. The van der Waals surface area contributed by atoms with Crippen LogP contribution in [0, 0.1) is 11.3 Å². The first-order valence-electron chi connectivity index (χ1n) is 6.36. The summed E-state index contributed by atoms with van der Waals surface area (Å²) in [4.78, 5) is 12.1. The molecule has 1 atom stereocenters. The van der Waals surface area contributed by atoms with Crippen molar-refractivity contribution in [3.63, 3.8) is 0 Å². The molecule has 1 heterocycles. The van der Waals surface area contributed by atoms with Crippen molar-refractivity contribution in [2.45, 2.75) is 53.1 Å². The van der Waals surface area contributed by atoms with Crippen molar-refractivity contribution < 1.29 is 9.53 Å². The van der Waals surface area contributed by atoms with Gasteiger partial charge in [-0.1, -0.05) is 13.8 Å². The van der Waals surface area contributed by atoms with Gasteiger partial charge in [-0.3, -0.25) is 4.79 Å². The molecule has 0 amide bonds. The van der Waals surface area contributed by atoms with Gasteiger partial charge in [-0.25, -0.2) is 0 Å². The van der Waals surface area contributed by atoms with E-state index in [2.05, 4.69) is 19.2 Å². The summed E-state index contributed by atoms with van der Waals surface area (Å²) in [6, 6.07) is 0. The van der Waals surface area contributed by atoms with Crippen LogP contribution in [0.2, 0.25) is 0 Å². The van der Waals surface area contributed by atoms with Gasteiger partial charge in [0.1, 0.15) is 0 Å². The third-order valence-electron chi connectivity index (χ3n) is 3.31. The summed E-state index contributed by atoms with van der Waals surface area (Å²) in [6.45, 7) is 10.2. The Balaban J connectivity index is 2.44. The van der Waals surface area contributed by atoms with Gasteiger partial charge in [0, 0.05) is 0 Å². The first kappa shape index (κ1) is 13.5. The van der Waals surface area contributed by atoms with Crippen LogP contribution in [0.3, 0.4) is 0 Å². The van der Waals surface area contributed by atoms with Gasteiger partial charge in [0.2, 0.25) is 0 Å². The number of esters is 1. The second-order valence-corrected chi connectivity index (χ2v) is 5.66. The SMILES string of the molecule is CC(C)CC(C)OC(=O)C1(C)CCNCC1. The summed E-state index contributed by atoms with van der Waals surface area (Å²) in [5.74, 6) is 0.561. The van der Waals surface area contributed by atoms with E-state index in [0.717, 1.165) is 32.4 Å². The largest absolute Gasteiger partial charge is 0.462 e. The van der Waals surface area contributed by atoms with Crippen LogP contribution in [-0.4, -0.2) is 25.2 Å². The molecule has 1 unspecified atom stereocenters. The topological polar surface area (TPSA) is 38.3 Å². The minimum Gasteiger partial charge on any atom is -0.462 e. The molecule has 0 spiro atoms. The Kier molecular flexibility index (Phi) is 4.78. The second kappa shape index (κ2) is 5.67. The number of piperidine rings is 1. The van der Waals surface area contributed by atoms with Crippen molar-refractivity contribution in [2.75, 3.05) is 13.1 Å². The highest BCUT2D eigenvalue weighted by molar-refractivity contribution is 5.76. The van der Waals surface area contributed by atoms with Crippen molar-refractivity contribution >= 4 is 5.97 Å². The highest BCUT2D eigenvalue weighted by atomic mass is 16.5. The maximum Gasteiger partial charge on any atom is 0.312 e. The van der Waals surface area contributed by atoms with Crippen LogP contribution in [0.15, 0.2) is 0 Å². The second-order valence-electron chi connectivity index (χ2n) is 5.66. The molecule has 1 saturated heterocycles. The minimum absolute atomic E-state index is 0.0119. The summed E-state index contributed by atoms with van der Waals surface area (Å²) < 4.78 is 5.54. The van der Waals surface area contributed by atoms with Crippen LogP contribution in [0.4, 0.5) is 0 Å². The van der Waals surface area contributed by atoms with E-state index in [9.17, 15) is 4.79 Å². The van der Waals surface area contributed by atoms with E-state index in [1.807, 2.05) is 13.8 Å². The molecule has 0 aromatic rings. The third kappa shape index (κ3) is 3.78. The normalized spacial score (nSPS) is 21.8.